The van der Waals surface area contributed by atoms with Gasteiger partial charge in [-0.15, -0.1) is 11.8 Å². The SMILES string of the molecule is CN1c2ccccc2S[C@@H]2C(c3ccccc3)=NO[C@@H]21. The third-order valence-corrected chi connectivity index (χ3v) is 5.05. The van der Waals surface area contributed by atoms with E-state index in [0.29, 0.717) is 0 Å². The first-order valence-corrected chi connectivity index (χ1v) is 7.50. The number of oxime groups is 1. The number of benzene rings is 2. The van der Waals surface area contributed by atoms with Crippen molar-refractivity contribution in [2.75, 3.05) is 11.9 Å². The number of anilines is 1. The fourth-order valence-corrected chi connectivity index (χ4v) is 4.09. The summed E-state index contributed by atoms with van der Waals surface area (Å²) >= 11 is 1.84. The van der Waals surface area contributed by atoms with Crippen LogP contribution in [0.25, 0.3) is 0 Å². The average Bonchev–Trinajstić information content (AvgIpc) is 2.92. The number of thioether (sulfide) groups is 1. The standard InChI is InChI=1S/C16H14N2OS/c1-18-12-9-5-6-10-13(12)20-15-14(17-19-16(15)18)11-7-3-2-4-8-11/h2-10,15-16H,1H3/t15-,16+/m1/s1. The monoisotopic (exact) mass is 282 g/mol. The molecule has 4 rings (SSSR count). The summed E-state index contributed by atoms with van der Waals surface area (Å²) in [4.78, 5) is 9.15. The summed E-state index contributed by atoms with van der Waals surface area (Å²) in [5.74, 6) is 0. The summed E-state index contributed by atoms with van der Waals surface area (Å²) < 4.78 is 0. The van der Waals surface area contributed by atoms with Crippen LogP contribution in [-0.2, 0) is 4.84 Å². The Bertz CT molecular complexity index is 671. The molecule has 2 heterocycles. The zero-order valence-electron chi connectivity index (χ0n) is 11.1. The molecule has 0 aliphatic carbocycles. The van der Waals surface area contributed by atoms with Crippen molar-refractivity contribution in [3.8, 4) is 0 Å². The summed E-state index contributed by atoms with van der Waals surface area (Å²) in [7, 11) is 2.07. The molecule has 0 aromatic heterocycles. The maximum absolute atomic E-state index is 5.69. The van der Waals surface area contributed by atoms with E-state index in [1.54, 1.807) is 0 Å². The van der Waals surface area contributed by atoms with Crippen LogP contribution >= 0.6 is 11.8 Å². The maximum Gasteiger partial charge on any atom is 0.217 e. The van der Waals surface area contributed by atoms with Gasteiger partial charge < -0.3 is 9.74 Å². The third-order valence-electron chi connectivity index (χ3n) is 3.74. The number of fused-ring (bicyclic) bond motifs is 2. The van der Waals surface area contributed by atoms with E-state index < -0.39 is 0 Å². The maximum atomic E-state index is 5.69. The summed E-state index contributed by atoms with van der Waals surface area (Å²) in [6.07, 6.45) is -0.0230. The fraction of sp³-hybridized carbons (Fsp3) is 0.188. The number of nitrogens with zero attached hydrogens (tertiary/aromatic N) is 2. The molecule has 0 N–H and O–H groups in total. The molecule has 2 atom stereocenters. The molecule has 0 radical (unpaired) electrons. The van der Waals surface area contributed by atoms with Crippen LogP contribution in [0.5, 0.6) is 0 Å². The lowest BCUT2D eigenvalue weighted by molar-refractivity contribution is 0.0875. The minimum absolute atomic E-state index is 0.0230. The van der Waals surface area contributed by atoms with E-state index in [-0.39, 0.29) is 11.5 Å². The molecule has 20 heavy (non-hydrogen) atoms. The van der Waals surface area contributed by atoms with Gasteiger partial charge in [-0.2, -0.15) is 0 Å². The molecular weight excluding hydrogens is 268 g/mol. The van der Waals surface area contributed by atoms with E-state index in [0.717, 1.165) is 11.3 Å². The Kier molecular flexibility index (Phi) is 2.70. The Hall–Kier alpha value is -1.94. The molecule has 0 unspecified atom stereocenters. The molecule has 0 fully saturated rings. The van der Waals surface area contributed by atoms with E-state index in [1.807, 2.05) is 30.0 Å². The smallest absolute Gasteiger partial charge is 0.217 e. The lowest BCUT2D eigenvalue weighted by Crippen LogP contribution is -2.43. The number of hydrogen-bond donors (Lipinski definition) is 0. The van der Waals surface area contributed by atoms with Gasteiger partial charge in [0.2, 0.25) is 6.23 Å². The van der Waals surface area contributed by atoms with Crippen LogP contribution in [0, 0.1) is 0 Å². The van der Waals surface area contributed by atoms with E-state index >= 15 is 0 Å². The van der Waals surface area contributed by atoms with Gasteiger partial charge in [0.15, 0.2) is 0 Å². The van der Waals surface area contributed by atoms with Gasteiger partial charge in [0.05, 0.1) is 5.69 Å². The predicted octanol–water partition coefficient (Wildman–Crippen LogP) is 3.36. The van der Waals surface area contributed by atoms with Gasteiger partial charge in [-0.05, 0) is 12.1 Å². The Morgan fingerprint density at radius 3 is 2.65 bits per heavy atom. The van der Waals surface area contributed by atoms with Crippen LogP contribution in [0.2, 0.25) is 0 Å². The van der Waals surface area contributed by atoms with Crippen LogP contribution in [-0.4, -0.2) is 24.2 Å². The molecule has 0 saturated carbocycles. The van der Waals surface area contributed by atoms with E-state index in [1.165, 1.54) is 10.6 Å². The Balaban J connectivity index is 1.73. The van der Waals surface area contributed by atoms with Crippen LogP contribution in [0.1, 0.15) is 5.56 Å². The molecule has 0 bridgehead atoms. The second-order valence-corrected chi connectivity index (χ2v) is 6.14. The Morgan fingerprint density at radius 1 is 1.05 bits per heavy atom. The second-order valence-electron chi connectivity index (χ2n) is 4.96. The van der Waals surface area contributed by atoms with Crippen molar-refractivity contribution in [1.29, 1.82) is 0 Å². The van der Waals surface area contributed by atoms with E-state index in [4.69, 9.17) is 4.84 Å². The highest BCUT2D eigenvalue weighted by molar-refractivity contribution is 8.01. The zero-order chi connectivity index (χ0) is 13.5. The van der Waals surface area contributed by atoms with Crippen LogP contribution in [0.3, 0.4) is 0 Å². The van der Waals surface area contributed by atoms with E-state index in [9.17, 15) is 0 Å². The van der Waals surface area contributed by atoms with E-state index in [2.05, 4.69) is 53.5 Å². The molecule has 0 spiro atoms. The average molecular weight is 282 g/mol. The van der Waals surface area contributed by atoms with Gasteiger partial charge >= 0.3 is 0 Å². The molecule has 3 nitrogen and oxygen atoms in total. The molecule has 4 heteroatoms. The van der Waals surface area contributed by atoms with Gasteiger partial charge in [0.25, 0.3) is 0 Å². The van der Waals surface area contributed by atoms with Gasteiger partial charge in [0, 0.05) is 17.5 Å². The minimum Gasteiger partial charge on any atom is -0.369 e. The van der Waals surface area contributed by atoms with Gasteiger partial charge in [-0.1, -0.05) is 47.6 Å². The number of para-hydroxylation sites is 1. The fourth-order valence-electron chi connectivity index (χ4n) is 2.69. The molecule has 0 amide bonds. The topological polar surface area (TPSA) is 24.8 Å². The molecule has 2 aliphatic rings. The largest absolute Gasteiger partial charge is 0.369 e. The van der Waals surface area contributed by atoms with Gasteiger partial charge in [0.1, 0.15) is 11.0 Å². The minimum atomic E-state index is -0.0230. The van der Waals surface area contributed by atoms with Crippen molar-refractivity contribution >= 4 is 23.2 Å². The summed E-state index contributed by atoms with van der Waals surface area (Å²) in [5, 5.41) is 4.56. The molecule has 2 aromatic carbocycles. The number of rotatable bonds is 1. The first kappa shape index (κ1) is 11.9. The predicted molar refractivity (Wildman–Crippen MR) is 82.3 cm³/mol. The normalized spacial score (nSPS) is 23.6. The lowest BCUT2D eigenvalue weighted by Gasteiger charge is -2.35. The van der Waals surface area contributed by atoms with Crippen LogP contribution < -0.4 is 4.90 Å². The Labute approximate surface area is 122 Å². The quantitative estimate of drug-likeness (QED) is 0.802. The molecule has 100 valence electrons. The highest BCUT2D eigenvalue weighted by atomic mass is 32.2. The zero-order valence-corrected chi connectivity index (χ0v) is 11.9. The molecule has 0 saturated heterocycles. The van der Waals surface area contributed by atoms with Gasteiger partial charge in [-0.3, -0.25) is 0 Å². The van der Waals surface area contributed by atoms with Crippen molar-refractivity contribution in [3.05, 3.63) is 60.2 Å². The van der Waals surface area contributed by atoms with Crippen molar-refractivity contribution in [3.63, 3.8) is 0 Å². The Morgan fingerprint density at radius 2 is 1.80 bits per heavy atom. The molecular formula is C16H14N2OS. The van der Waals surface area contributed by atoms with Crippen LogP contribution in [0.4, 0.5) is 5.69 Å². The summed E-state index contributed by atoms with van der Waals surface area (Å²) in [6, 6.07) is 18.7. The summed E-state index contributed by atoms with van der Waals surface area (Å²) in [5.41, 5.74) is 3.38. The van der Waals surface area contributed by atoms with Crippen molar-refractivity contribution in [1.82, 2.24) is 0 Å². The summed E-state index contributed by atoms with van der Waals surface area (Å²) in [6.45, 7) is 0. The van der Waals surface area contributed by atoms with Gasteiger partial charge in [-0.25, -0.2) is 0 Å². The van der Waals surface area contributed by atoms with Crippen molar-refractivity contribution < 1.29 is 4.84 Å². The van der Waals surface area contributed by atoms with Crippen molar-refractivity contribution in [2.45, 2.75) is 16.4 Å². The lowest BCUT2D eigenvalue weighted by atomic mass is 10.1. The highest BCUT2D eigenvalue weighted by Crippen LogP contribution is 2.44. The second kappa shape index (κ2) is 4.56. The first-order valence-electron chi connectivity index (χ1n) is 6.62. The van der Waals surface area contributed by atoms with Crippen LogP contribution in [0.15, 0.2) is 64.6 Å². The molecule has 2 aromatic rings. The third kappa shape index (κ3) is 1.72. The highest BCUT2D eigenvalue weighted by Gasteiger charge is 2.42. The molecule has 2 aliphatic heterocycles. The number of hydrogen-bond acceptors (Lipinski definition) is 4. The first-order chi connectivity index (χ1) is 9.84. The van der Waals surface area contributed by atoms with Crippen molar-refractivity contribution in [2.24, 2.45) is 5.16 Å².